The summed E-state index contributed by atoms with van der Waals surface area (Å²) in [7, 11) is 0. The number of halogens is 2. The highest BCUT2D eigenvalue weighted by Crippen LogP contribution is 2.38. The Morgan fingerprint density at radius 1 is 1.24 bits per heavy atom. The van der Waals surface area contributed by atoms with Crippen LogP contribution in [0.15, 0.2) is 18.2 Å². The molecule has 0 spiro atoms. The van der Waals surface area contributed by atoms with Crippen molar-refractivity contribution in [3.63, 3.8) is 0 Å². The van der Waals surface area contributed by atoms with Gasteiger partial charge in [0.15, 0.2) is 0 Å². The summed E-state index contributed by atoms with van der Waals surface area (Å²) < 4.78 is 26.7. The van der Waals surface area contributed by atoms with E-state index in [0.29, 0.717) is 24.8 Å². The van der Waals surface area contributed by atoms with Gasteiger partial charge in [0.05, 0.1) is 0 Å². The second-order valence-corrected chi connectivity index (χ2v) is 6.49. The molecular formula is C18H27F2N. The molecule has 0 amide bonds. The van der Waals surface area contributed by atoms with Crippen LogP contribution in [0.2, 0.25) is 0 Å². The SMILES string of the molecule is CCNC(Cc1cc(C)ccc1C)C1CCC(F)(F)CC1. The Bertz CT molecular complexity index is 460. The lowest BCUT2D eigenvalue weighted by molar-refractivity contribution is -0.0494. The fraction of sp³-hybridized carbons (Fsp3) is 0.667. The van der Waals surface area contributed by atoms with E-state index in [9.17, 15) is 8.78 Å². The zero-order chi connectivity index (χ0) is 15.5. The van der Waals surface area contributed by atoms with Gasteiger partial charge in [-0.05, 0) is 56.7 Å². The summed E-state index contributed by atoms with van der Waals surface area (Å²) in [6.07, 6.45) is 2.31. The third-order valence-corrected chi connectivity index (χ3v) is 4.74. The summed E-state index contributed by atoms with van der Waals surface area (Å²) in [5.74, 6) is -2.07. The Morgan fingerprint density at radius 2 is 1.90 bits per heavy atom. The molecule has 0 aromatic heterocycles. The first-order valence-corrected chi connectivity index (χ1v) is 8.08. The van der Waals surface area contributed by atoms with Crippen LogP contribution in [0.4, 0.5) is 8.78 Å². The molecule has 1 aliphatic carbocycles. The number of likely N-dealkylation sites (N-methyl/N-ethyl adjacent to an activating group) is 1. The van der Waals surface area contributed by atoms with Crippen LogP contribution in [0.25, 0.3) is 0 Å². The molecule has 0 heterocycles. The Balaban J connectivity index is 2.07. The van der Waals surface area contributed by atoms with Crippen LogP contribution in [0.3, 0.4) is 0 Å². The van der Waals surface area contributed by atoms with Gasteiger partial charge in [0, 0.05) is 18.9 Å². The monoisotopic (exact) mass is 295 g/mol. The van der Waals surface area contributed by atoms with Crippen LogP contribution >= 0.6 is 0 Å². The van der Waals surface area contributed by atoms with Gasteiger partial charge in [0.1, 0.15) is 0 Å². The van der Waals surface area contributed by atoms with Crippen LogP contribution in [0.1, 0.15) is 49.3 Å². The van der Waals surface area contributed by atoms with Crippen molar-refractivity contribution < 1.29 is 8.78 Å². The van der Waals surface area contributed by atoms with Crippen LogP contribution in [-0.4, -0.2) is 18.5 Å². The molecule has 1 aromatic rings. The molecule has 1 aliphatic rings. The summed E-state index contributed by atoms with van der Waals surface area (Å²) in [4.78, 5) is 0. The number of alkyl halides is 2. The second kappa shape index (κ2) is 6.87. The van der Waals surface area contributed by atoms with E-state index >= 15 is 0 Å². The van der Waals surface area contributed by atoms with Crippen molar-refractivity contribution in [2.45, 2.75) is 64.8 Å². The van der Waals surface area contributed by atoms with Crippen molar-refractivity contribution in [3.05, 3.63) is 34.9 Å². The zero-order valence-electron chi connectivity index (χ0n) is 13.4. The van der Waals surface area contributed by atoms with Gasteiger partial charge >= 0.3 is 0 Å². The van der Waals surface area contributed by atoms with E-state index in [0.717, 1.165) is 13.0 Å². The minimum atomic E-state index is -2.44. The lowest BCUT2D eigenvalue weighted by atomic mass is 9.79. The highest BCUT2D eigenvalue weighted by Gasteiger charge is 2.37. The minimum absolute atomic E-state index is 0.0480. The normalized spacial score (nSPS) is 20.4. The summed E-state index contributed by atoms with van der Waals surface area (Å²) in [6.45, 7) is 7.22. The van der Waals surface area contributed by atoms with Crippen molar-refractivity contribution in [2.24, 2.45) is 5.92 Å². The quantitative estimate of drug-likeness (QED) is 0.833. The fourth-order valence-electron chi connectivity index (χ4n) is 3.39. The second-order valence-electron chi connectivity index (χ2n) is 6.49. The third kappa shape index (κ3) is 4.50. The van der Waals surface area contributed by atoms with Crippen LogP contribution < -0.4 is 5.32 Å². The van der Waals surface area contributed by atoms with Gasteiger partial charge in [-0.15, -0.1) is 0 Å². The van der Waals surface area contributed by atoms with Crippen molar-refractivity contribution in [1.29, 1.82) is 0 Å². The van der Waals surface area contributed by atoms with Gasteiger partial charge in [0.25, 0.3) is 0 Å². The van der Waals surface area contributed by atoms with E-state index in [1.165, 1.54) is 16.7 Å². The average molecular weight is 295 g/mol. The first-order chi connectivity index (χ1) is 9.91. The Kier molecular flexibility index (Phi) is 5.37. The summed E-state index contributed by atoms with van der Waals surface area (Å²) in [5.41, 5.74) is 3.91. The molecule has 0 aliphatic heterocycles. The van der Waals surface area contributed by atoms with Crippen LogP contribution in [-0.2, 0) is 6.42 Å². The number of aryl methyl sites for hydroxylation is 2. The molecule has 21 heavy (non-hydrogen) atoms. The van der Waals surface area contributed by atoms with E-state index in [1.54, 1.807) is 0 Å². The van der Waals surface area contributed by atoms with E-state index in [4.69, 9.17) is 0 Å². The standard InChI is InChI=1S/C18H27F2N/c1-4-21-17(15-7-9-18(19,20)10-8-15)12-16-11-13(2)5-6-14(16)3/h5-6,11,15,17,21H,4,7-10,12H2,1-3H3. The number of rotatable bonds is 5. The number of nitrogens with one attached hydrogen (secondary N) is 1. The molecule has 0 radical (unpaired) electrons. The molecule has 1 unspecified atom stereocenters. The van der Waals surface area contributed by atoms with E-state index in [-0.39, 0.29) is 12.8 Å². The molecule has 3 heteroatoms. The lowest BCUT2D eigenvalue weighted by Gasteiger charge is -2.34. The Labute approximate surface area is 127 Å². The maximum absolute atomic E-state index is 13.4. The number of benzene rings is 1. The van der Waals surface area contributed by atoms with Gasteiger partial charge < -0.3 is 5.32 Å². The van der Waals surface area contributed by atoms with Gasteiger partial charge in [-0.3, -0.25) is 0 Å². The molecule has 118 valence electrons. The molecular weight excluding hydrogens is 268 g/mol. The predicted molar refractivity (Wildman–Crippen MR) is 84.0 cm³/mol. The molecule has 1 nitrogen and oxygen atoms in total. The molecule has 1 saturated carbocycles. The van der Waals surface area contributed by atoms with Gasteiger partial charge in [-0.2, -0.15) is 0 Å². The van der Waals surface area contributed by atoms with Gasteiger partial charge in [-0.25, -0.2) is 8.78 Å². The maximum Gasteiger partial charge on any atom is 0.248 e. The van der Waals surface area contributed by atoms with Crippen molar-refractivity contribution in [3.8, 4) is 0 Å². The highest BCUT2D eigenvalue weighted by molar-refractivity contribution is 5.31. The molecule has 0 saturated heterocycles. The third-order valence-electron chi connectivity index (χ3n) is 4.74. The fourth-order valence-corrected chi connectivity index (χ4v) is 3.39. The van der Waals surface area contributed by atoms with Crippen molar-refractivity contribution in [2.75, 3.05) is 6.54 Å². The maximum atomic E-state index is 13.4. The van der Waals surface area contributed by atoms with Gasteiger partial charge in [0.2, 0.25) is 5.92 Å². The number of hydrogen-bond acceptors (Lipinski definition) is 1. The highest BCUT2D eigenvalue weighted by atomic mass is 19.3. The first kappa shape index (κ1) is 16.4. The van der Waals surface area contributed by atoms with Crippen molar-refractivity contribution >= 4 is 0 Å². The van der Waals surface area contributed by atoms with Crippen LogP contribution in [0, 0.1) is 19.8 Å². The van der Waals surface area contributed by atoms with E-state index < -0.39 is 5.92 Å². The molecule has 1 atom stereocenters. The minimum Gasteiger partial charge on any atom is -0.314 e. The summed E-state index contributed by atoms with van der Waals surface area (Å²) in [6, 6.07) is 6.83. The molecule has 1 N–H and O–H groups in total. The Hall–Kier alpha value is -0.960. The summed E-state index contributed by atoms with van der Waals surface area (Å²) >= 11 is 0. The molecule has 1 aromatic carbocycles. The topological polar surface area (TPSA) is 12.0 Å². The van der Waals surface area contributed by atoms with Crippen molar-refractivity contribution in [1.82, 2.24) is 5.32 Å². The molecule has 0 bridgehead atoms. The average Bonchev–Trinajstić information content (AvgIpc) is 2.42. The molecule has 1 fully saturated rings. The lowest BCUT2D eigenvalue weighted by Crippen LogP contribution is -2.41. The predicted octanol–water partition coefficient (Wildman–Crippen LogP) is 4.65. The van der Waals surface area contributed by atoms with E-state index in [2.05, 4.69) is 44.3 Å². The van der Waals surface area contributed by atoms with E-state index in [1.807, 2.05) is 0 Å². The van der Waals surface area contributed by atoms with Gasteiger partial charge in [-0.1, -0.05) is 30.7 Å². The Morgan fingerprint density at radius 3 is 2.52 bits per heavy atom. The smallest absolute Gasteiger partial charge is 0.248 e. The number of hydrogen-bond donors (Lipinski definition) is 1. The largest absolute Gasteiger partial charge is 0.314 e. The molecule has 2 rings (SSSR count). The first-order valence-electron chi connectivity index (χ1n) is 8.08. The van der Waals surface area contributed by atoms with Crippen LogP contribution in [0.5, 0.6) is 0 Å². The zero-order valence-corrected chi connectivity index (χ0v) is 13.4. The summed E-state index contributed by atoms with van der Waals surface area (Å²) in [5, 5.41) is 3.53.